The van der Waals surface area contributed by atoms with Crippen LogP contribution in [0.2, 0.25) is 0 Å². The van der Waals surface area contributed by atoms with E-state index in [1.54, 1.807) is 0 Å². The van der Waals surface area contributed by atoms with Gasteiger partial charge < -0.3 is 10.0 Å². The molecule has 1 aliphatic heterocycles. The molecule has 20 heavy (non-hydrogen) atoms. The minimum atomic E-state index is -0.389. The third kappa shape index (κ3) is 2.34. The van der Waals surface area contributed by atoms with Crippen LogP contribution < -0.4 is 0 Å². The number of hydrogen-bond acceptors (Lipinski definition) is 3. The first-order chi connectivity index (χ1) is 9.70. The van der Waals surface area contributed by atoms with Gasteiger partial charge in [-0.2, -0.15) is 0 Å². The van der Waals surface area contributed by atoms with Gasteiger partial charge in [0.05, 0.1) is 6.10 Å². The van der Waals surface area contributed by atoms with E-state index in [4.69, 9.17) is 0 Å². The molecule has 1 saturated heterocycles. The lowest BCUT2D eigenvalue weighted by molar-refractivity contribution is -0.133. The zero-order chi connectivity index (χ0) is 14.1. The zero-order valence-corrected chi connectivity index (χ0v) is 12.0. The van der Waals surface area contributed by atoms with Gasteiger partial charge in [0.1, 0.15) is 0 Å². The Balaban J connectivity index is 1.64. The van der Waals surface area contributed by atoms with Gasteiger partial charge in [-0.1, -0.05) is 31.2 Å². The molecule has 0 aromatic heterocycles. The molecule has 3 rings (SSSR count). The highest BCUT2D eigenvalue weighted by molar-refractivity contribution is 5.75. The largest absolute Gasteiger partial charge is 0.387 e. The number of amides is 1. The van der Waals surface area contributed by atoms with Crippen molar-refractivity contribution in [1.29, 1.82) is 0 Å². The Morgan fingerprint density at radius 1 is 1.25 bits per heavy atom. The Bertz CT molecular complexity index is 495. The maximum atomic E-state index is 11.7. The van der Waals surface area contributed by atoms with E-state index in [2.05, 4.69) is 11.0 Å². The number of aliphatic hydroxyl groups excluding tert-OH is 1. The first kappa shape index (κ1) is 13.6. The summed E-state index contributed by atoms with van der Waals surface area (Å²) < 4.78 is 0. The summed E-state index contributed by atoms with van der Waals surface area (Å²) in [5, 5.41) is 10.5. The summed E-state index contributed by atoms with van der Waals surface area (Å²) in [6, 6.07) is 8.33. The van der Waals surface area contributed by atoms with Crippen molar-refractivity contribution in [1.82, 2.24) is 9.80 Å². The lowest BCUT2D eigenvalue weighted by Gasteiger charge is -2.39. The van der Waals surface area contributed by atoms with Crippen molar-refractivity contribution < 1.29 is 9.90 Å². The molecular formula is C16H22N2O2. The SMILES string of the molecule is CCC(=O)N1CCN([C@@H]2Cc3ccccc3[C@H]2O)CC1. The van der Waals surface area contributed by atoms with E-state index < -0.39 is 0 Å². The van der Waals surface area contributed by atoms with Gasteiger partial charge in [0, 0.05) is 38.6 Å². The van der Waals surface area contributed by atoms with Crippen molar-refractivity contribution in [2.24, 2.45) is 0 Å². The van der Waals surface area contributed by atoms with E-state index in [0.717, 1.165) is 38.2 Å². The smallest absolute Gasteiger partial charge is 0.222 e. The van der Waals surface area contributed by atoms with Crippen LogP contribution in [0.5, 0.6) is 0 Å². The van der Waals surface area contributed by atoms with E-state index in [1.807, 2.05) is 30.0 Å². The Labute approximate surface area is 120 Å². The predicted octanol–water partition coefficient (Wildman–Crippen LogP) is 1.20. The predicted molar refractivity (Wildman–Crippen MR) is 77.3 cm³/mol. The quantitative estimate of drug-likeness (QED) is 0.881. The van der Waals surface area contributed by atoms with Gasteiger partial charge in [0.2, 0.25) is 5.91 Å². The van der Waals surface area contributed by atoms with Gasteiger partial charge in [-0.25, -0.2) is 0 Å². The number of carbonyl (C=O) groups is 1. The average molecular weight is 274 g/mol. The molecule has 1 N–H and O–H groups in total. The molecule has 1 aliphatic carbocycles. The van der Waals surface area contributed by atoms with Gasteiger partial charge in [0.25, 0.3) is 0 Å². The second kappa shape index (κ2) is 5.54. The molecule has 1 aromatic carbocycles. The van der Waals surface area contributed by atoms with Crippen molar-refractivity contribution >= 4 is 5.91 Å². The number of benzene rings is 1. The molecule has 0 bridgehead atoms. The van der Waals surface area contributed by atoms with Crippen LogP contribution in [-0.2, 0) is 11.2 Å². The first-order valence-corrected chi connectivity index (χ1v) is 7.48. The fourth-order valence-electron chi connectivity index (χ4n) is 3.41. The highest BCUT2D eigenvalue weighted by Gasteiger charge is 2.36. The van der Waals surface area contributed by atoms with Crippen LogP contribution in [0.25, 0.3) is 0 Å². The third-order valence-corrected chi connectivity index (χ3v) is 4.61. The molecule has 0 saturated carbocycles. The number of nitrogens with zero attached hydrogens (tertiary/aromatic N) is 2. The number of hydrogen-bond donors (Lipinski definition) is 1. The number of carbonyl (C=O) groups excluding carboxylic acids is 1. The van der Waals surface area contributed by atoms with Gasteiger partial charge in [0.15, 0.2) is 0 Å². The minimum absolute atomic E-state index is 0.172. The van der Waals surface area contributed by atoms with Crippen molar-refractivity contribution in [3.05, 3.63) is 35.4 Å². The van der Waals surface area contributed by atoms with Crippen LogP contribution in [0.4, 0.5) is 0 Å². The van der Waals surface area contributed by atoms with Gasteiger partial charge in [-0.05, 0) is 17.5 Å². The third-order valence-electron chi connectivity index (χ3n) is 4.61. The molecule has 4 heteroatoms. The summed E-state index contributed by atoms with van der Waals surface area (Å²) >= 11 is 0. The van der Waals surface area contributed by atoms with E-state index in [0.29, 0.717) is 6.42 Å². The fraction of sp³-hybridized carbons (Fsp3) is 0.562. The second-order valence-electron chi connectivity index (χ2n) is 5.69. The summed E-state index contributed by atoms with van der Waals surface area (Å²) in [6.45, 7) is 5.20. The molecular weight excluding hydrogens is 252 g/mol. The first-order valence-electron chi connectivity index (χ1n) is 7.48. The van der Waals surface area contributed by atoms with Crippen LogP contribution in [0.3, 0.4) is 0 Å². The summed E-state index contributed by atoms with van der Waals surface area (Å²) in [4.78, 5) is 16.0. The second-order valence-corrected chi connectivity index (χ2v) is 5.69. The number of fused-ring (bicyclic) bond motifs is 1. The molecule has 0 unspecified atom stereocenters. The molecule has 1 heterocycles. The lowest BCUT2D eigenvalue weighted by atomic mass is 10.1. The molecule has 1 fully saturated rings. The van der Waals surface area contributed by atoms with E-state index in [-0.39, 0.29) is 18.1 Å². The average Bonchev–Trinajstić information content (AvgIpc) is 2.84. The van der Waals surface area contributed by atoms with Crippen LogP contribution >= 0.6 is 0 Å². The Morgan fingerprint density at radius 2 is 1.95 bits per heavy atom. The van der Waals surface area contributed by atoms with Crippen molar-refractivity contribution in [3.8, 4) is 0 Å². The summed E-state index contributed by atoms with van der Waals surface area (Å²) in [5.41, 5.74) is 2.33. The standard InChI is InChI=1S/C16H22N2O2/c1-2-15(19)18-9-7-17(8-10-18)14-11-12-5-3-4-6-13(12)16(14)20/h3-6,14,16,20H,2,7-11H2,1H3/t14-,16-/m1/s1. The van der Waals surface area contributed by atoms with Gasteiger partial charge in [-0.15, -0.1) is 0 Å². The van der Waals surface area contributed by atoms with E-state index >= 15 is 0 Å². The summed E-state index contributed by atoms with van der Waals surface area (Å²) in [6.07, 6.45) is 1.11. The van der Waals surface area contributed by atoms with Crippen LogP contribution in [0.1, 0.15) is 30.6 Å². The molecule has 108 valence electrons. The Kier molecular flexibility index (Phi) is 3.76. The number of aliphatic hydroxyl groups is 1. The Hall–Kier alpha value is -1.39. The minimum Gasteiger partial charge on any atom is -0.387 e. The normalized spacial score (nSPS) is 26.6. The van der Waals surface area contributed by atoms with Gasteiger partial charge >= 0.3 is 0 Å². The Morgan fingerprint density at radius 3 is 2.60 bits per heavy atom. The maximum Gasteiger partial charge on any atom is 0.222 e. The van der Waals surface area contributed by atoms with E-state index in [9.17, 15) is 9.90 Å². The van der Waals surface area contributed by atoms with E-state index in [1.165, 1.54) is 5.56 Å². The molecule has 4 nitrogen and oxygen atoms in total. The fourth-order valence-corrected chi connectivity index (χ4v) is 3.41. The maximum absolute atomic E-state index is 11.7. The lowest BCUT2D eigenvalue weighted by Crippen LogP contribution is -2.52. The monoisotopic (exact) mass is 274 g/mol. The number of piperazine rings is 1. The van der Waals surface area contributed by atoms with Crippen LogP contribution in [0, 0.1) is 0 Å². The molecule has 2 atom stereocenters. The highest BCUT2D eigenvalue weighted by Crippen LogP contribution is 2.34. The van der Waals surface area contributed by atoms with Crippen molar-refractivity contribution in [2.75, 3.05) is 26.2 Å². The molecule has 0 radical (unpaired) electrons. The van der Waals surface area contributed by atoms with Gasteiger partial charge in [-0.3, -0.25) is 9.69 Å². The molecule has 1 aromatic rings. The zero-order valence-electron chi connectivity index (χ0n) is 12.0. The summed E-state index contributed by atoms with van der Waals surface area (Å²) in [5.74, 6) is 0.236. The van der Waals surface area contributed by atoms with Crippen LogP contribution in [0.15, 0.2) is 24.3 Å². The van der Waals surface area contributed by atoms with Crippen LogP contribution in [-0.4, -0.2) is 53.0 Å². The highest BCUT2D eigenvalue weighted by atomic mass is 16.3. The number of rotatable bonds is 2. The van der Waals surface area contributed by atoms with Crippen molar-refractivity contribution in [3.63, 3.8) is 0 Å². The van der Waals surface area contributed by atoms with Crippen molar-refractivity contribution in [2.45, 2.75) is 31.9 Å². The molecule has 0 spiro atoms. The topological polar surface area (TPSA) is 43.8 Å². The summed E-state index contributed by atoms with van der Waals surface area (Å²) in [7, 11) is 0. The molecule has 1 amide bonds. The molecule has 2 aliphatic rings.